The van der Waals surface area contributed by atoms with Gasteiger partial charge in [-0.3, -0.25) is 9.59 Å². The van der Waals surface area contributed by atoms with Crippen molar-refractivity contribution in [1.29, 1.82) is 0 Å². The molecule has 1 aliphatic rings. The normalized spacial score (nSPS) is 13.1. The average Bonchev–Trinajstić information content (AvgIpc) is 3.27. The fraction of sp³-hybridized carbons (Fsp3) is 0.323. The van der Waals surface area contributed by atoms with Gasteiger partial charge >= 0.3 is 18.2 Å². The summed E-state index contributed by atoms with van der Waals surface area (Å²) in [7, 11) is 0. The quantitative estimate of drug-likeness (QED) is 0.280. The molecule has 1 unspecified atom stereocenters. The lowest BCUT2D eigenvalue weighted by atomic mass is 9.98. The van der Waals surface area contributed by atoms with Crippen LogP contribution in [0, 0.1) is 5.92 Å². The summed E-state index contributed by atoms with van der Waals surface area (Å²) in [6.45, 7) is -0.540. The van der Waals surface area contributed by atoms with Crippen molar-refractivity contribution < 1.29 is 37.4 Å². The maximum absolute atomic E-state index is 13.8. The summed E-state index contributed by atoms with van der Waals surface area (Å²) in [5.74, 6) is -4.17. The largest absolute Gasteiger partial charge is 0.481 e. The van der Waals surface area contributed by atoms with E-state index in [4.69, 9.17) is 9.84 Å². The first-order valence-corrected chi connectivity index (χ1v) is 13.3. The summed E-state index contributed by atoms with van der Waals surface area (Å²) in [6, 6.07) is 24.2. The molecule has 0 aromatic heterocycles. The monoisotopic (exact) mass is 568 g/mol. The van der Waals surface area contributed by atoms with E-state index in [9.17, 15) is 27.6 Å². The molecule has 0 heterocycles. The van der Waals surface area contributed by atoms with Gasteiger partial charge in [-0.05, 0) is 34.2 Å². The van der Waals surface area contributed by atoms with Crippen LogP contribution < -0.4 is 5.32 Å². The maximum atomic E-state index is 13.8. The number of benzene rings is 3. The summed E-state index contributed by atoms with van der Waals surface area (Å²) in [6.07, 6.45) is -7.31. The number of carbonyl (C=O) groups excluding carboxylic acids is 2. The minimum Gasteiger partial charge on any atom is -0.481 e. The molecule has 7 nitrogen and oxygen atoms in total. The lowest BCUT2D eigenvalue weighted by Gasteiger charge is -2.26. The Morgan fingerprint density at radius 3 is 2.07 bits per heavy atom. The van der Waals surface area contributed by atoms with Gasteiger partial charge in [-0.2, -0.15) is 13.2 Å². The Morgan fingerprint density at radius 1 is 0.902 bits per heavy atom. The van der Waals surface area contributed by atoms with Gasteiger partial charge in [0.25, 0.3) is 0 Å². The van der Waals surface area contributed by atoms with E-state index in [0.29, 0.717) is 5.56 Å². The Morgan fingerprint density at radius 2 is 1.49 bits per heavy atom. The number of hydrogen-bond donors (Lipinski definition) is 2. The van der Waals surface area contributed by atoms with Crippen molar-refractivity contribution in [2.75, 3.05) is 19.7 Å². The summed E-state index contributed by atoms with van der Waals surface area (Å²) in [4.78, 5) is 37.5. The van der Waals surface area contributed by atoms with Gasteiger partial charge < -0.3 is 20.1 Å². The highest BCUT2D eigenvalue weighted by Crippen LogP contribution is 2.44. The van der Waals surface area contributed by atoms with E-state index < -0.39 is 49.3 Å². The zero-order valence-electron chi connectivity index (χ0n) is 22.3. The molecule has 41 heavy (non-hydrogen) atoms. The topological polar surface area (TPSA) is 95.9 Å². The predicted molar refractivity (Wildman–Crippen MR) is 146 cm³/mol. The van der Waals surface area contributed by atoms with Crippen molar-refractivity contribution in [1.82, 2.24) is 10.2 Å². The molecule has 0 radical (unpaired) electrons. The van der Waals surface area contributed by atoms with Crippen LogP contribution in [0.3, 0.4) is 0 Å². The van der Waals surface area contributed by atoms with Crippen molar-refractivity contribution >= 4 is 18.0 Å². The summed E-state index contributed by atoms with van der Waals surface area (Å²) in [5.41, 5.74) is 4.81. The third-order valence-corrected chi connectivity index (χ3v) is 7.15. The van der Waals surface area contributed by atoms with Crippen molar-refractivity contribution in [3.05, 3.63) is 95.6 Å². The maximum Gasteiger partial charge on any atom is 0.407 e. The first kappa shape index (κ1) is 29.6. The van der Waals surface area contributed by atoms with Crippen LogP contribution in [0.2, 0.25) is 0 Å². The number of carbonyl (C=O) groups is 3. The third-order valence-electron chi connectivity index (χ3n) is 7.15. The molecule has 2 N–H and O–H groups in total. The number of fused-ring (bicyclic) bond motifs is 3. The van der Waals surface area contributed by atoms with Gasteiger partial charge in [0.2, 0.25) is 5.91 Å². The lowest BCUT2D eigenvalue weighted by Crippen LogP contribution is -2.38. The number of hydrogen-bond acceptors (Lipinski definition) is 4. The molecule has 0 bridgehead atoms. The molecule has 1 atom stereocenters. The van der Waals surface area contributed by atoms with Crippen LogP contribution in [0.15, 0.2) is 78.9 Å². The van der Waals surface area contributed by atoms with Crippen molar-refractivity contribution in [2.45, 2.75) is 37.9 Å². The highest BCUT2D eigenvalue weighted by Gasteiger charge is 2.41. The van der Waals surface area contributed by atoms with Crippen LogP contribution in [0.25, 0.3) is 11.1 Å². The minimum absolute atomic E-state index is 0.00443. The fourth-order valence-electron chi connectivity index (χ4n) is 5.05. The number of rotatable bonds is 12. The van der Waals surface area contributed by atoms with Crippen molar-refractivity contribution in [3.8, 4) is 11.1 Å². The number of carboxylic acid groups (broad SMARTS) is 1. The predicted octanol–water partition coefficient (Wildman–Crippen LogP) is 5.99. The van der Waals surface area contributed by atoms with Crippen LogP contribution >= 0.6 is 0 Å². The highest BCUT2D eigenvalue weighted by molar-refractivity contribution is 5.79. The van der Waals surface area contributed by atoms with E-state index in [1.165, 1.54) is 0 Å². The zero-order valence-corrected chi connectivity index (χ0v) is 22.3. The van der Waals surface area contributed by atoms with Crippen molar-refractivity contribution in [2.24, 2.45) is 5.92 Å². The molecule has 3 aromatic carbocycles. The molecular weight excluding hydrogens is 537 g/mol. The van der Waals surface area contributed by atoms with E-state index >= 15 is 0 Å². The molecule has 0 aliphatic heterocycles. The molecule has 3 aromatic rings. The van der Waals surface area contributed by atoms with Gasteiger partial charge in [0.1, 0.15) is 6.61 Å². The Balaban J connectivity index is 1.32. The van der Waals surface area contributed by atoms with Crippen LogP contribution in [0.4, 0.5) is 18.0 Å². The highest BCUT2D eigenvalue weighted by atomic mass is 19.4. The van der Waals surface area contributed by atoms with Crippen LogP contribution in [0.1, 0.15) is 41.9 Å². The van der Waals surface area contributed by atoms with Gasteiger partial charge in [0.15, 0.2) is 0 Å². The van der Waals surface area contributed by atoms with E-state index in [0.717, 1.165) is 27.2 Å². The molecule has 0 spiro atoms. The van der Waals surface area contributed by atoms with Gasteiger partial charge in [0.05, 0.1) is 12.3 Å². The Hall–Kier alpha value is -4.34. The smallest absolute Gasteiger partial charge is 0.407 e. The molecular formula is C31H31F3N2O5. The average molecular weight is 569 g/mol. The Bertz CT molecular complexity index is 1320. The van der Waals surface area contributed by atoms with E-state index in [-0.39, 0.29) is 32.2 Å². The van der Waals surface area contributed by atoms with Crippen LogP contribution in [-0.4, -0.2) is 53.8 Å². The number of ether oxygens (including phenoxy) is 1. The number of aliphatic carboxylic acids is 1. The zero-order chi connectivity index (χ0) is 29.4. The van der Waals surface area contributed by atoms with Crippen molar-refractivity contribution in [3.63, 3.8) is 0 Å². The molecule has 0 fully saturated rings. The SMILES string of the molecule is O=C(O)CCN(Cc1ccccc1)C(=O)CC(CCNC(=O)OCC1c2ccccc2-c2ccccc21)C(F)(F)F. The summed E-state index contributed by atoms with van der Waals surface area (Å²) in [5, 5.41) is 11.4. The number of halogens is 3. The van der Waals surface area contributed by atoms with Crippen LogP contribution in [-0.2, 0) is 20.9 Å². The first-order chi connectivity index (χ1) is 19.6. The van der Waals surface area contributed by atoms with Gasteiger partial charge in [-0.25, -0.2) is 4.79 Å². The second-order valence-electron chi connectivity index (χ2n) is 9.93. The first-order valence-electron chi connectivity index (χ1n) is 13.3. The number of nitrogens with one attached hydrogen (secondary N) is 1. The molecule has 0 saturated heterocycles. The Kier molecular flexibility index (Phi) is 9.65. The van der Waals surface area contributed by atoms with E-state index in [1.807, 2.05) is 48.5 Å². The summed E-state index contributed by atoms with van der Waals surface area (Å²) < 4.78 is 46.9. The standard InChI is InChI=1S/C31H31F3N2O5/c32-31(33,34)22(18-28(37)36(17-15-29(38)39)19-21-8-2-1-3-9-21)14-16-35-30(40)41-20-27-25-12-6-4-10-23(25)24-11-5-7-13-26(24)27/h1-13,22,27H,14-20H2,(H,35,40)(H,38,39). The van der Waals surface area contributed by atoms with E-state index in [1.54, 1.807) is 30.3 Å². The number of alkyl carbamates (subject to hydrolysis) is 1. The molecule has 10 heteroatoms. The second-order valence-corrected chi connectivity index (χ2v) is 9.93. The molecule has 2 amide bonds. The number of carboxylic acids is 1. The second kappa shape index (κ2) is 13.3. The van der Waals surface area contributed by atoms with Gasteiger partial charge in [-0.15, -0.1) is 0 Å². The fourth-order valence-corrected chi connectivity index (χ4v) is 5.05. The lowest BCUT2D eigenvalue weighted by molar-refractivity contribution is -0.182. The third kappa shape index (κ3) is 7.87. The molecule has 0 saturated carbocycles. The van der Waals surface area contributed by atoms with Crippen LogP contribution in [0.5, 0.6) is 0 Å². The van der Waals surface area contributed by atoms with E-state index in [2.05, 4.69) is 5.32 Å². The summed E-state index contributed by atoms with van der Waals surface area (Å²) >= 11 is 0. The minimum atomic E-state index is -4.69. The van der Waals surface area contributed by atoms with Gasteiger partial charge in [-0.1, -0.05) is 78.9 Å². The Labute approximate surface area is 235 Å². The molecule has 4 rings (SSSR count). The number of nitrogens with zero attached hydrogens (tertiary/aromatic N) is 1. The molecule has 216 valence electrons. The number of alkyl halides is 3. The number of amides is 2. The molecule has 1 aliphatic carbocycles. The van der Waals surface area contributed by atoms with Gasteiger partial charge in [0, 0.05) is 32.0 Å².